The van der Waals surface area contributed by atoms with E-state index >= 15 is 0 Å². The summed E-state index contributed by atoms with van der Waals surface area (Å²) in [6, 6.07) is 8.47. The summed E-state index contributed by atoms with van der Waals surface area (Å²) in [5.74, 6) is 0.739. The molecule has 158 valence electrons. The summed E-state index contributed by atoms with van der Waals surface area (Å²) in [6.45, 7) is 2.55. The van der Waals surface area contributed by atoms with Crippen molar-refractivity contribution in [2.75, 3.05) is 18.9 Å². The lowest BCUT2D eigenvalue weighted by atomic mass is 10.1. The molecular weight excluding hydrogens is 498 g/mol. The van der Waals surface area contributed by atoms with Gasteiger partial charge in [-0.25, -0.2) is 4.98 Å². The highest BCUT2D eigenvalue weighted by molar-refractivity contribution is 14.0. The fraction of sp³-hybridized carbons (Fsp3) is 0.316. The molecule has 29 heavy (non-hydrogen) atoms. The van der Waals surface area contributed by atoms with E-state index in [1.54, 1.807) is 19.3 Å². The minimum Gasteiger partial charge on any atom is -0.356 e. The van der Waals surface area contributed by atoms with Gasteiger partial charge < -0.3 is 16.0 Å². The molecule has 0 unspecified atom stereocenters. The third-order valence-electron chi connectivity index (χ3n) is 3.79. The van der Waals surface area contributed by atoms with Crippen molar-refractivity contribution in [3.8, 4) is 0 Å². The molecule has 1 aromatic carbocycles. The highest BCUT2D eigenvalue weighted by Gasteiger charge is 2.29. The lowest BCUT2D eigenvalue weighted by molar-refractivity contribution is -0.137. The number of rotatable bonds is 6. The van der Waals surface area contributed by atoms with Crippen LogP contribution in [0.1, 0.15) is 23.1 Å². The van der Waals surface area contributed by atoms with Crippen molar-refractivity contribution in [3.63, 3.8) is 0 Å². The number of alkyl halides is 3. The first kappa shape index (κ1) is 24.7. The van der Waals surface area contributed by atoms with Gasteiger partial charge in [-0.15, -0.1) is 24.0 Å². The Morgan fingerprint density at radius 3 is 2.34 bits per heavy atom. The first-order valence-corrected chi connectivity index (χ1v) is 8.61. The summed E-state index contributed by atoms with van der Waals surface area (Å²) in [5, 5.41) is 8.66. The van der Waals surface area contributed by atoms with Crippen molar-refractivity contribution in [1.82, 2.24) is 15.6 Å². The Hall–Kier alpha value is -2.37. The number of aromatic nitrogens is 1. The SMILES string of the molecule is CN=C(NCCC(=O)Nc1ccc(C)cn1)NCc1ccc(C(F)(F)F)cc1.I. The predicted octanol–water partition coefficient (Wildman–Crippen LogP) is 3.72. The minimum absolute atomic E-state index is 0. The van der Waals surface area contributed by atoms with Crippen LogP contribution in [0.3, 0.4) is 0 Å². The van der Waals surface area contributed by atoms with Gasteiger partial charge >= 0.3 is 6.18 Å². The van der Waals surface area contributed by atoms with E-state index in [-0.39, 0.29) is 36.3 Å². The maximum absolute atomic E-state index is 12.6. The Kier molecular flexibility index (Phi) is 9.86. The van der Waals surface area contributed by atoms with Gasteiger partial charge in [-0.05, 0) is 36.2 Å². The summed E-state index contributed by atoms with van der Waals surface area (Å²) < 4.78 is 37.7. The third kappa shape index (κ3) is 8.67. The molecule has 0 saturated carbocycles. The Labute approximate surface area is 184 Å². The first-order valence-electron chi connectivity index (χ1n) is 8.61. The highest BCUT2D eigenvalue weighted by Crippen LogP contribution is 2.29. The van der Waals surface area contributed by atoms with Crippen LogP contribution in [0.2, 0.25) is 0 Å². The van der Waals surface area contributed by atoms with Crippen LogP contribution in [-0.4, -0.2) is 30.4 Å². The summed E-state index contributed by atoms with van der Waals surface area (Å²) in [5.41, 5.74) is 0.995. The normalized spacial score (nSPS) is 11.4. The van der Waals surface area contributed by atoms with Crippen LogP contribution in [0.25, 0.3) is 0 Å². The van der Waals surface area contributed by atoms with Crippen LogP contribution < -0.4 is 16.0 Å². The molecule has 2 rings (SSSR count). The van der Waals surface area contributed by atoms with E-state index in [0.717, 1.165) is 17.7 Å². The summed E-state index contributed by atoms with van der Waals surface area (Å²) in [6.07, 6.45) is -2.48. The number of carbonyl (C=O) groups excluding carboxylic acids is 1. The quantitative estimate of drug-likeness (QED) is 0.308. The lowest BCUT2D eigenvalue weighted by Gasteiger charge is -2.12. The van der Waals surface area contributed by atoms with Crippen molar-refractivity contribution in [2.45, 2.75) is 26.1 Å². The van der Waals surface area contributed by atoms with Crippen LogP contribution in [0.4, 0.5) is 19.0 Å². The van der Waals surface area contributed by atoms with E-state index in [2.05, 4.69) is 25.9 Å². The maximum Gasteiger partial charge on any atom is 0.416 e. The average Bonchev–Trinajstić information content (AvgIpc) is 2.66. The molecule has 6 nitrogen and oxygen atoms in total. The van der Waals surface area contributed by atoms with E-state index in [1.807, 2.05) is 13.0 Å². The van der Waals surface area contributed by atoms with Gasteiger partial charge in [0.1, 0.15) is 5.82 Å². The predicted molar refractivity (Wildman–Crippen MR) is 117 cm³/mol. The summed E-state index contributed by atoms with van der Waals surface area (Å²) >= 11 is 0. The molecule has 0 aliphatic heterocycles. The number of nitrogens with zero attached hydrogens (tertiary/aromatic N) is 2. The van der Waals surface area contributed by atoms with E-state index in [1.165, 1.54) is 12.1 Å². The smallest absolute Gasteiger partial charge is 0.356 e. The molecule has 0 aliphatic carbocycles. The van der Waals surface area contributed by atoms with Crippen LogP contribution >= 0.6 is 24.0 Å². The standard InChI is InChI=1S/C19H22F3N5O.HI/c1-13-3-8-16(25-11-13)27-17(28)9-10-24-18(23-2)26-12-14-4-6-15(7-5-14)19(20,21)22;/h3-8,11H,9-10,12H2,1-2H3,(H2,23,24,26)(H,25,27,28);1H. The molecule has 0 bridgehead atoms. The Morgan fingerprint density at radius 2 is 1.79 bits per heavy atom. The number of aryl methyl sites for hydroxylation is 1. The Morgan fingerprint density at radius 1 is 1.10 bits per heavy atom. The monoisotopic (exact) mass is 521 g/mol. The zero-order valence-corrected chi connectivity index (χ0v) is 18.3. The van der Waals surface area contributed by atoms with E-state index in [0.29, 0.717) is 30.4 Å². The number of anilines is 1. The number of carbonyl (C=O) groups is 1. The van der Waals surface area contributed by atoms with Gasteiger partial charge in [0.25, 0.3) is 0 Å². The van der Waals surface area contributed by atoms with Gasteiger partial charge in [0.05, 0.1) is 5.56 Å². The van der Waals surface area contributed by atoms with Crippen molar-refractivity contribution < 1.29 is 18.0 Å². The molecule has 0 atom stereocenters. The van der Waals surface area contributed by atoms with Gasteiger partial charge in [-0.2, -0.15) is 13.2 Å². The molecular formula is C19H23F3IN5O. The fourth-order valence-corrected chi connectivity index (χ4v) is 2.26. The van der Waals surface area contributed by atoms with Crippen LogP contribution in [-0.2, 0) is 17.5 Å². The van der Waals surface area contributed by atoms with Crippen molar-refractivity contribution >= 4 is 41.7 Å². The van der Waals surface area contributed by atoms with E-state index < -0.39 is 11.7 Å². The fourth-order valence-electron chi connectivity index (χ4n) is 2.26. The second-order valence-corrected chi connectivity index (χ2v) is 6.07. The molecule has 0 radical (unpaired) electrons. The molecule has 3 N–H and O–H groups in total. The number of aliphatic imine (C=N–C) groups is 1. The topological polar surface area (TPSA) is 78.4 Å². The second kappa shape index (κ2) is 11.6. The highest BCUT2D eigenvalue weighted by atomic mass is 127. The van der Waals surface area contributed by atoms with Gasteiger partial charge in [0, 0.05) is 32.8 Å². The van der Waals surface area contributed by atoms with Crippen molar-refractivity contribution in [3.05, 3.63) is 59.3 Å². The summed E-state index contributed by atoms with van der Waals surface area (Å²) in [7, 11) is 1.57. The zero-order chi connectivity index (χ0) is 20.6. The van der Waals surface area contributed by atoms with Crippen molar-refractivity contribution in [2.24, 2.45) is 4.99 Å². The molecule has 2 aromatic rings. The number of benzene rings is 1. The van der Waals surface area contributed by atoms with E-state index in [9.17, 15) is 18.0 Å². The maximum atomic E-state index is 12.6. The van der Waals surface area contributed by atoms with Crippen LogP contribution in [0.15, 0.2) is 47.6 Å². The van der Waals surface area contributed by atoms with Crippen LogP contribution in [0, 0.1) is 6.92 Å². The average molecular weight is 521 g/mol. The Balaban J connectivity index is 0.00000420. The number of nitrogens with one attached hydrogen (secondary N) is 3. The number of pyridine rings is 1. The lowest BCUT2D eigenvalue weighted by Crippen LogP contribution is -2.38. The van der Waals surface area contributed by atoms with Crippen molar-refractivity contribution in [1.29, 1.82) is 0 Å². The second-order valence-electron chi connectivity index (χ2n) is 6.07. The van der Waals surface area contributed by atoms with E-state index in [4.69, 9.17) is 0 Å². The molecule has 1 heterocycles. The Bertz CT molecular complexity index is 808. The molecule has 0 spiro atoms. The van der Waals surface area contributed by atoms with Crippen LogP contribution in [0.5, 0.6) is 0 Å². The number of amides is 1. The van der Waals surface area contributed by atoms with Gasteiger partial charge in [-0.1, -0.05) is 18.2 Å². The number of hydrogen-bond acceptors (Lipinski definition) is 3. The molecule has 0 fully saturated rings. The molecule has 1 aromatic heterocycles. The molecule has 1 amide bonds. The summed E-state index contributed by atoms with van der Waals surface area (Å²) in [4.78, 5) is 20.0. The minimum atomic E-state index is -4.35. The molecule has 0 aliphatic rings. The first-order chi connectivity index (χ1) is 13.3. The van der Waals surface area contributed by atoms with Gasteiger partial charge in [0.15, 0.2) is 5.96 Å². The number of halogens is 4. The number of guanidine groups is 1. The molecule has 0 saturated heterocycles. The zero-order valence-electron chi connectivity index (χ0n) is 16.0. The van der Waals surface area contributed by atoms with Gasteiger partial charge in [0.2, 0.25) is 5.91 Å². The largest absolute Gasteiger partial charge is 0.416 e. The molecule has 10 heteroatoms. The van der Waals surface area contributed by atoms with Gasteiger partial charge in [-0.3, -0.25) is 9.79 Å². The number of hydrogen-bond donors (Lipinski definition) is 3. The third-order valence-corrected chi connectivity index (χ3v) is 3.79.